The van der Waals surface area contributed by atoms with Crippen LogP contribution in [0.5, 0.6) is 5.75 Å². The van der Waals surface area contributed by atoms with Gasteiger partial charge in [0.25, 0.3) is 11.6 Å². The number of halogens is 1. The number of nitrogens with zero attached hydrogens (tertiary/aromatic N) is 3. The van der Waals surface area contributed by atoms with Crippen LogP contribution in [-0.2, 0) is 0 Å². The van der Waals surface area contributed by atoms with Crippen LogP contribution in [0.1, 0.15) is 15.9 Å². The highest BCUT2D eigenvalue weighted by atomic mass is 79.9. The van der Waals surface area contributed by atoms with Gasteiger partial charge in [0.15, 0.2) is 0 Å². The Kier molecular flexibility index (Phi) is 5.32. The van der Waals surface area contributed by atoms with E-state index in [1.807, 2.05) is 30.6 Å². The molecule has 2 N–H and O–H groups in total. The SMILES string of the molecule is O=C(N/N=C\c1cc([N+](=O)[O-])cc(Br)c1O)c1ccccc1-n1cccc1. The summed E-state index contributed by atoms with van der Waals surface area (Å²) in [6.45, 7) is 0. The first kappa shape index (κ1) is 18.3. The van der Waals surface area contributed by atoms with E-state index >= 15 is 0 Å². The number of aromatic hydroxyl groups is 1. The van der Waals surface area contributed by atoms with Crippen molar-refractivity contribution in [3.63, 3.8) is 0 Å². The standard InChI is InChI=1S/C18H13BrN4O4/c19-15-10-13(23(26)27)9-12(17(15)24)11-20-21-18(25)14-5-1-2-6-16(14)22-7-3-4-8-22/h1-11,24H,(H,21,25)/b20-11-. The number of hydrogen-bond acceptors (Lipinski definition) is 5. The van der Waals surface area contributed by atoms with E-state index in [0.29, 0.717) is 11.3 Å². The van der Waals surface area contributed by atoms with E-state index in [2.05, 4.69) is 26.5 Å². The molecule has 0 saturated heterocycles. The van der Waals surface area contributed by atoms with E-state index in [-0.39, 0.29) is 21.5 Å². The third kappa shape index (κ3) is 4.04. The minimum Gasteiger partial charge on any atom is -0.506 e. The largest absolute Gasteiger partial charge is 0.506 e. The molecule has 3 aromatic rings. The number of benzene rings is 2. The molecular weight excluding hydrogens is 416 g/mol. The smallest absolute Gasteiger partial charge is 0.273 e. The molecule has 3 rings (SSSR count). The first-order valence-electron chi connectivity index (χ1n) is 7.70. The highest BCUT2D eigenvalue weighted by molar-refractivity contribution is 9.10. The second-order valence-electron chi connectivity index (χ2n) is 5.43. The van der Waals surface area contributed by atoms with Crippen molar-refractivity contribution in [2.45, 2.75) is 0 Å². The first-order valence-corrected chi connectivity index (χ1v) is 8.49. The maximum Gasteiger partial charge on any atom is 0.273 e. The fourth-order valence-corrected chi connectivity index (χ4v) is 2.88. The molecule has 1 amide bonds. The number of aromatic nitrogens is 1. The molecule has 27 heavy (non-hydrogen) atoms. The van der Waals surface area contributed by atoms with Gasteiger partial charge in [-0.15, -0.1) is 0 Å². The van der Waals surface area contributed by atoms with Crippen molar-refractivity contribution in [3.05, 3.63) is 86.6 Å². The Morgan fingerprint density at radius 1 is 1.22 bits per heavy atom. The molecule has 1 heterocycles. The number of para-hydroxylation sites is 1. The van der Waals surface area contributed by atoms with Crippen molar-refractivity contribution in [3.8, 4) is 11.4 Å². The molecular formula is C18H13BrN4O4. The average molecular weight is 429 g/mol. The van der Waals surface area contributed by atoms with Crippen LogP contribution in [0.3, 0.4) is 0 Å². The van der Waals surface area contributed by atoms with Crippen molar-refractivity contribution in [2.24, 2.45) is 5.10 Å². The maximum absolute atomic E-state index is 12.5. The lowest BCUT2D eigenvalue weighted by Crippen LogP contribution is -2.19. The molecule has 8 nitrogen and oxygen atoms in total. The molecule has 0 saturated carbocycles. The van der Waals surface area contributed by atoms with Gasteiger partial charge in [-0.25, -0.2) is 5.43 Å². The number of nitro groups is 1. The van der Waals surface area contributed by atoms with Crippen LogP contribution in [0, 0.1) is 10.1 Å². The van der Waals surface area contributed by atoms with Crippen LogP contribution in [0.25, 0.3) is 5.69 Å². The number of amides is 1. The molecule has 0 aliphatic heterocycles. The summed E-state index contributed by atoms with van der Waals surface area (Å²) in [7, 11) is 0. The van der Waals surface area contributed by atoms with Gasteiger partial charge in [0.1, 0.15) is 5.75 Å². The number of phenols is 1. The molecule has 0 spiro atoms. The third-order valence-corrected chi connectivity index (χ3v) is 4.29. The Bertz CT molecular complexity index is 1030. The zero-order valence-electron chi connectivity index (χ0n) is 13.7. The number of nitrogens with one attached hydrogen (secondary N) is 1. The number of rotatable bonds is 5. The van der Waals surface area contributed by atoms with Crippen LogP contribution in [0.2, 0.25) is 0 Å². The van der Waals surface area contributed by atoms with Gasteiger partial charge in [0.2, 0.25) is 0 Å². The van der Waals surface area contributed by atoms with Crippen molar-refractivity contribution in [1.82, 2.24) is 9.99 Å². The van der Waals surface area contributed by atoms with Gasteiger partial charge in [-0.1, -0.05) is 12.1 Å². The lowest BCUT2D eigenvalue weighted by atomic mass is 10.1. The van der Waals surface area contributed by atoms with Crippen molar-refractivity contribution < 1.29 is 14.8 Å². The molecule has 9 heteroatoms. The van der Waals surface area contributed by atoms with Gasteiger partial charge in [0, 0.05) is 30.1 Å². The number of phenolic OH excluding ortho intramolecular Hbond substituents is 1. The molecule has 0 aliphatic carbocycles. The first-order chi connectivity index (χ1) is 13.0. The van der Waals surface area contributed by atoms with E-state index in [1.165, 1.54) is 6.07 Å². The van der Waals surface area contributed by atoms with E-state index in [9.17, 15) is 20.0 Å². The summed E-state index contributed by atoms with van der Waals surface area (Å²) in [6, 6.07) is 13.0. The lowest BCUT2D eigenvalue weighted by Gasteiger charge is -2.09. The zero-order chi connectivity index (χ0) is 19.4. The van der Waals surface area contributed by atoms with Gasteiger partial charge < -0.3 is 9.67 Å². The summed E-state index contributed by atoms with van der Waals surface area (Å²) >= 11 is 3.05. The van der Waals surface area contributed by atoms with E-state index < -0.39 is 10.8 Å². The molecule has 0 bridgehead atoms. The highest BCUT2D eigenvalue weighted by Gasteiger charge is 2.14. The molecule has 136 valence electrons. The third-order valence-electron chi connectivity index (χ3n) is 3.69. The lowest BCUT2D eigenvalue weighted by molar-refractivity contribution is -0.385. The second-order valence-corrected chi connectivity index (χ2v) is 6.28. The summed E-state index contributed by atoms with van der Waals surface area (Å²) in [6.07, 6.45) is 4.77. The number of non-ortho nitro benzene ring substituents is 1. The van der Waals surface area contributed by atoms with Gasteiger partial charge in [-0.05, 0) is 40.2 Å². The summed E-state index contributed by atoms with van der Waals surface area (Å²) in [5.41, 5.74) is 3.32. The Balaban J connectivity index is 1.82. The van der Waals surface area contributed by atoms with Crippen LogP contribution in [0.4, 0.5) is 5.69 Å². The van der Waals surface area contributed by atoms with E-state index in [1.54, 1.807) is 22.8 Å². The fourth-order valence-electron chi connectivity index (χ4n) is 2.42. The Morgan fingerprint density at radius 2 is 1.93 bits per heavy atom. The molecule has 2 aromatic carbocycles. The predicted molar refractivity (Wildman–Crippen MR) is 103 cm³/mol. The van der Waals surface area contributed by atoms with Gasteiger partial charge in [-0.2, -0.15) is 5.10 Å². The number of nitro benzene ring substituents is 1. The van der Waals surface area contributed by atoms with Crippen LogP contribution >= 0.6 is 15.9 Å². The topological polar surface area (TPSA) is 110 Å². The average Bonchev–Trinajstić information content (AvgIpc) is 3.19. The van der Waals surface area contributed by atoms with E-state index in [4.69, 9.17) is 0 Å². The quantitative estimate of drug-likeness (QED) is 0.367. The maximum atomic E-state index is 12.5. The number of carbonyl (C=O) groups is 1. The van der Waals surface area contributed by atoms with Crippen molar-refractivity contribution in [2.75, 3.05) is 0 Å². The summed E-state index contributed by atoms with van der Waals surface area (Å²) in [5, 5.41) is 24.7. The highest BCUT2D eigenvalue weighted by Crippen LogP contribution is 2.31. The minimum absolute atomic E-state index is 0.0927. The summed E-state index contributed by atoms with van der Waals surface area (Å²) in [4.78, 5) is 22.8. The second kappa shape index (κ2) is 7.83. The molecule has 1 aromatic heterocycles. The minimum atomic E-state index is -0.590. The monoisotopic (exact) mass is 428 g/mol. The van der Waals surface area contributed by atoms with Gasteiger partial charge in [-0.3, -0.25) is 14.9 Å². The van der Waals surface area contributed by atoms with Crippen molar-refractivity contribution >= 4 is 33.7 Å². The molecule has 0 aliphatic rings. The number of carbonyl (C=O) groups excluding carboxylic acids is 1. The van der Waals surface area contributed by atoms with E-state index in [0.717, 1.165) is 12.3 Å². The summed E-state index contributed by atoms with van der Waals surface area (Å²) < 4.78 is 1.95. The Morgan fingerprint density at radius 3 is 2.63 bits per heavy atom. The van der Waals surface area contributed by atoms with Crippen LogP contribution in [0.15, 0.2) is 70.5 Å². The van der Waals surface area contributed by atoms with Gasteiger partial charge in [0.05, 0.1) is 26.9 Å². The number of hydrogen-bond donors (Lipinski definition) is 2. The Hall–Kier alpha value is -3.46. The van der Waals surface area contributed by atoms with Crippen LogP contribution < -0.4 is 5.43 Å². The molecule has 0 fully saturated rings. The molecule has 0 radical (unpaired) electrons. The molecule has 0 atom stereocenters. The van der Waals surface area contributed by atoms with Crippen molar-refractivity contribution in [1.29, 1.82) is 0 Å². The fraction of sp³-hybridized carbons (Fsp3) is 0. The number of hydrazone groups is 1. The summed E-state index contributed by atoms with van der Waals surface area (Å²) in [5.74, 6) is -0.675. The molecule has 0 unspecified atom stereocenters. The van der Waals surface area contributed by atoms with Gasteiger partial charge >= 0.3 is 0 Å². The predicted octanol–water partition coefficient (Wildman–Crippen LogP) is 3.62. The normalized spacial score (nSPS) is 10.9. The zero-order valence-corrected chi connectivity index (χ0v) is 15.3. The van der Waals surface area contributed by atoms with Crippen LogP contribution in [-0.4, -0.2) is 26.7 Å². The Labute approximate surface area is 162 Å².